The second-order valence-corrected chi connectivity index (χ2v) is 7.37. The van der Waals surface area contributed by atoms with Gasteiger partial charge in [0.15, 0.2) is 11.6 Å². The molecule has 0 bridgehead atoms. The first-order chi connectivity index (χ1) is 14.3. The average molecular weight is 414 g/mol. The minimum atomic E-state index is -1.05. The highest BCUT2D eigenvalue weighted by atomic mass is 19.2. The molecule has 1 saturated heterocycles. The van der Waals surface area contributed by atoms with Crippen LogP contribution in [0.15, 0.2) is 45.6 Å². The van der Waals surface area contributed by atoms with Gasteiger partial charge in [0.25, 0.3) is 5.91 Å². The maximum atomic E-state index is 13.4. The van der Waals surface area contributed by atoms with Crippen molar-refractivity contribution >= 4 is 16.9 Å². The lowest BCUT2D eigenvalue weighted by Gasteiger charge is -2.35. The third kappa shape index (κ3) is 3.78. The number of rotatable bonds is 3. The molecule has 1 aliphatic heterocycles. The molecule has 0 aliphatic carbocycles. The van der Waals surface area contributed by atoms with Crippen LogP contribution in [0.4, 0.5) is 8.78 Å². The van der Waals surface area contributed by atoms with E-state index in [-0.39, 0.29) is 17.2 Å². The fraction of sp³-hybridized carbons (Fsp3) is 0.273. The van der Waals surface area contributed by atoms with Crippen molar-refractivity contribution in [1.29, 1.82) is 0 Å². The lowest BCUT2D eigenvalue weighted by Crippen LogP contribution is -2.48. The van der Waals surface area contributed by atoms with Crippen LogP contribution < -0.4 is 5.63 Å². The number of aromatic hydroxyl groups is 1. The summed E-state index contributed by atoms with van der Waals surface area (Å²) < 4.78 is 31.8. The summed E-state index contributed by atoms with van der Waals surface area (Å²) in [6.07, 6.45) is 0. The van der Waals surface area contributed by atoms with Gasteiger partial charge < -0.3 is 14.4 Å². The van der Waals surface area contributed by atoms with Crippen molar-refractivity contribution in [3.63, 3.8) is 0 Å². The number of aryl methyl sites for hydroxylation is 1. The smallest absolute Gasteiger partial charge is 0.336 e. The molecule has 30 heavy (non-hydrogen) atoms. The predicted octanol–water partition coefficient (Wildman–Crippen LogP) is 3.04. The van der Waals surface area contributed by atoms with Gasteiger partial charge in [-0.25, -0.2) is 13.6 Å². The minimum absolute atomic E-state index is 0.0622. The largest absolute Gasteiger partial charge is 0.508 e. The molecule has 0 unspecified atom stereocenters. The Morgan fingerprint density at radius 1 is 1.07 bits per heavy atom. The van der Waals surface area contributed by atoms with Crippen molar-refractivity contribution in [2.75, 3.05) is 26.2 Å². The maximum absolute atomic E-state index is 13.4. The molecule has 1 fully saturated rings. The number of halogens is 2. The van der Waals surface area contributed by atoms with Gasteiger partial charge in [-0.05, 0) is 42.8 Å². The van der Waals surface area contributed by atoms with E-state index in [1.54, 1.807) is 24.0 Å². The number of piperazine rings is 1. The molecule has 2 aromatic carbocycles. The molecule has 4 rings (SSSR count). The van der Waals surface area contributed by atoms with Gasteiger partial charge in [-0.3, -0.25) is 9.69 Å². The van der Waals surface area contributed by atoms with Crippen LogP contribution in [-0.2, 0) is 6.54 Å². The van der Waals surface area contributed by atoms with Crippen LogP contribution >= 0.6 is 0 Å². The molecule has 3 aromatic rings. The zero-order valence-electron chi connectivity index (χ0n) is 16.3. The number of amides is 1. The lowest BCUT2D eigenvalue weighted by atomic mass is 10.1. The molecular formula is C22H20F2N2O4. The fourth-order valence-electron chi connectivity index (χ4n) is 3.71. The van der Waals surface area contributed by atoms with E-state index >= 15 is 0 Å². The Balaban J connectivity index is 1.48. The van der Waals surface area contributed by atoms with Crippen LogP contribution in [0.3, 0.4) is 0 Å². The number of hydrogen-bond donors (Lipinski definition) is 1. The van der Waals surface area contributed by atoms with Gasteiger partial charge in [0.2, 0.25) is 0 Å². The third-order valence-corrected chi connectivity index (χ3v) is 5.44. The number of carbonyl (C=O) groups is 1. The van der Waals surface area contributed by atoms with E-state index in [2.05, 4.69) is 4.90 Å². The second kappa shape index (κ2) is 7.87. The van der Waals surface area contributed by atoms with Crippen LogP contribution in [0.2, 0.25) is 0 Å². The van der Waals surface area contributed by atoms with E-state index < -0.39 is 17.3 Å². The highest BCUT2D eigenvalue weighted by molar-refractivity contribution is 5.94. The minimum Gasteiger partial charge on any atom is -0.508 e. The zero-order valence-corrected chi connectivity index (χ0v) is 16.3. The third-order valence-electron chi connectivity index (χ3n) is 5.44. The molecule has 1 aliphatic rings. The molecule has 1 aromatic heterocycles. The normalized spacial score (nSPS) is 15.0. The Hall–Kier alpha value is -3.26. The summed E-state index contributed by atoms with van der Waals surface area (Å²) >= 11 is 0. The molecule has 8 heteroatoms. The number of benzene rings is 2. The highest BCUT2D eigenvalue weighted by Crippen LogP contribution is 2.28. The summed E-state index contributed by atoms with van der Waals surface area (Å²) in [7, 11) is 0. The van der Waals surface area contributed by atoms with Crippen molar-refractivity contribution < 1.29 is 23.1 Å². The second-order valence-electron chi connectivity index (χ2n) is 7.37. The predicted molar refractivity (Wildman–Crippen MR) is 106 cm³/mol. The molecule has 6 nitrogen and oxygen atoms in total. The van der Waals surface area contributed by atoms with Gasteiger partial charge in [0.1, 0.15) is 11.3 Å². The van der Waals surface area contributed by atoms with E-state index in [1.807, 2.05) is 0 Å². The summed E-state index contributed by atoms with van der Waals surface area (Å²) in [4.78, 5) is 28.2. The molecule has 0 radical (unpaired) electrons. The van der Waals surface area contributed by atoms with Crippen LogP contribution in [0.1, 0.15) is 21.5 Å². The quantitative estimate of drug-likeness (QED) is 0.667. The zero-order chi connectivity index (χ0) is 21.4. The van der Waals surface area contributed by atoms with Gasteiger partial charge in [-0.1, -0.05) is 0 Å². The SMILES string of the molecule is Cc1c(O)ccc2c(CN3CCN(C(=O)c4ccc(F)c(F)c4)CC3)cc(=O)oc12. The van der Waals surface area contributed by atoms with Crippen molar-refractivity contribution in [2.24, 2.45) is 0 Å². The summed E-state index contributed by atoms with van der Waals surface area (Å²) in [5, 5.41) is 10.6. The molecule has 0 saturated carbocycles. The van der Waals surface area contributed by atoms with Crippen molar-refractivity contribution in [3.8, 4) is 5.75 Å². The van der Waals surface area contributed by atoms with E-state index in [1.165, 1.54) is 12.1 Å². The molecule has 1 N–H and O–H groups in total. The number of nitrogens with zero attached hydrogens (tertiary/aromatic N) is 2. The molecule has 1 amide bonds. The summed E-state index contributed by atoms with van der Waals surface area (Å²) in [6.45, 7) is 4.16. The molecule has 156 valence electrons. The number of hydrogen-bond acceptors (Lipinski definition) is 5. The van der Waals surface area contributed by atoms with E-state index in [4.69, 9.17) is 4.42 Å². The first-order valence-electron chi connectivity index (χ1n) is 9.55. The van der Waals surface area contributed by atoms with Crippen LogP contribution in [0, 0.1) is 18.6 Å². The Bertz CT molecular complexity index is 1180. The van der Waals surface area contributed by atoms with Crippen LogP contribution in [0.5, 0.6) is 5.75 Å². The van der Waals surface area contributed by atoms with Crippen molar-refractivity contribution in [1.82, 2.24) is 9.80 Å². The summed E-state index contributed by atoms with van der Waals surface area (Å²) in [5.74, 6) is -2.31. The number of carbonyl (C=O) groups excluding carboxylic acids is 1. The lowest BCUT2D eigenvalue weighted by molar-refractivity contribution is 0.0628. The first kappa shape index (κ1) is 20.0. The van der Waals surface area contributed by atoms with Gasteiger partial charge in [0, 0.05) is 55.3 Å². The molecule has 2 heterocycles. The van der Waals surface area contributed by atoms with Gasteiger partial charge in [0.05, 0.1) is 0 Å². The Morgan fingerprint density at radius 3 is 2.50 bits per heavy atom. The summed E-state index contributed by atoms with van der Waals surface area (Å²) in [5.41, 5.74) is 1.28. The van der Waals surface area contributed by atoms with Crippen molar-refractivity contribution in [2.45, 2.75) is 13.5 Å². The average Bonchev–Trinajstić information content (AvgIpc) is 2.73. The van der Waals surface area contributed by atoms with Gasteiger partial charge in [-0.2, -0.15) is 0 Å². The standard InChI is InChI=1S/C22H20F2N2O4/c1-13-19(27)5-3-16-15(11-20(28)30-21(13)16)12-25-6-8-26(9-7-25)22(29)14-2-4-17(23)18(24)10-14/h2-5,10-11,27H,6-9,12H2,1H3. The van der Waals surface area contributed by atoms with E-state index in [0.29, 0.717) is 43.9 Å². The Labute approximate surface area is 170 Å². The molecular weight excluding hydrogens is 394 g/mol. The first-order valence-corrected chi connectivity index (χ1v) is 9.55. The monoisotopic (exact) mass is 414 g/mol. The Morgan fingerprint density at radius 2 is 1.80 bits per heavy atom. The van der Waals surface area contributed by atoms with E-state index in [9.17, 15) is 23.5 Å². The Kier molecular flexibility index (Phi) is 5.26. The fourth-order valence-corrected chi connectivity index (χ4v) is 3.71. The van der Waals surface area contributed by atoms with Gasteiger partial charge >= 0.3 is 5.63 Å². The molecule has 0 atom stereocenters. The van der Waals surface area contributed by atoms with Crippen LogP contribution in [-0.4, -0.2) is 47.0 Å². The topological polar surface area (TPSA) is 74.0 Å². The highest BCUT2D eigenvalue weighted by Gasteiger charge is 2.24. The van der Waals surface area contributed by atoms with E-state index in [0.717, 1.165) is 23.1 Å². The number of phenolic OH excluding ortho intramolecular Hbond substituents is 1. The van der Waals surface area contributed by atoms with Crippen LogP contribution in [0.25, 0.3) is 11.0 Å². The number of fused-ring (bicyclic) bond motifs is 1. The summed E-state index contributed by atoms with van der Waals surface area (Å²) in [6, 6.07) is 7.87. The van der Waals surface area contributed by atoms with Crippen molar-refractivity contribution in [3.05, 3.63) is 75.1 Å². The maximum Gasteiger partial charge on any atom is 0.336 e. The van der Waals surface area contributed by atoms with Gasteiger partial charge in [-0.15, -0.1) is 0 Å². The number of phenols is 1. The molecule has 0 spiro atoms.